The van der Waals surface area contributed by atoms with Gasteiger partial charge < -0.3 is 9.84 Å². The highest BCUT2D eigenvalue weighted by atomic mass is 16.5. The second kappa shape index (κ2) is 5.47. The number of nitrogens with zero attached hydrogens (tertiary/aromatic N) is 4. The van der Waals surface area contributed by atoms with Crippen LogP contribution >= 0.6 is 0 Å². The minimum Gasteiger partial charge on any atom is -0.334 e. The van der Waals surface area contributed by atoms with Crippen molar-refractivity contribution in [3.63, 3.8) is 0 Å². The number of piperazine rings is 1. The van der Waals surface area contributed by atoms with Gasteiger partial charge in [-0.15, -0.1) is 0 Å². The molecule has 1 atom stereocenters. The van der Waals surface area contributed by atoms with Crippen molar-refractivity contribution in [2.24, 2.45) is 0 Å². The third kappa shape index (κ3) is 2.26. The number of nitrogens with one attached hydrogen (secondary N) is 1. The van der Waals surface area contributed by atoms with Gasteiger partial charge in [0.2, 0.25) is 0 Å². The molecule has 1 N–H and O–H groups in total. The number of rotatable bonds is 2. The molecule has 22 heavy (non-hydrogen) atoms. The summed E-state index contributed by atoms with van der Waals surface area (Å²) < 4.78 is 5.52. The van der Waals surface area contributed by atoms with E-state index < -0.39 is 0 Å². The van der Waals surface area contributed by atoms with Gasteiger partial charge in [-0.3, -0.25) is 9.88 Å². The van der Waals surface area contributed by atoms with Crippen LogP contribution in [0.5, 0.6) is 0 Å². The van der Waals surface area contributed by atoms with E-state index in [9.17, 15) is 0 Å². The van der Waals surface area contributed by atoms with Crippen LogP contribution in [0.2, 0.25) is 0 Å². The molecule has 1 unspecified atom stereocenters. The first-order valence-electron chi connectivity index (χ1n) is 7.41. The van der Waals surface area contributed by atoms with E-state index in [4.69, 9.17) is 4.52 Å². The summed E-state index contributed by atoms with van der Waals surface area (Å²) in [6.07, 6.45) is 1.79. The molecule has 1 aliphatic heterocycles. The minimum atomic E-state index is 0.152. The monoisotopic (exact) mass is 295 g/mol. The van der Waals surface area contributed by atoms with Crippen molar-refractivity contribution in [3.05, 3.63) is 42.4 Å². The third-order valence-corrected chi connectivity index (χ3v) is 4.13. The smallest absolute Gasteiger partial charge is 0.258 e. The van der Waals surface area contributed by atoms with Crippen LogP contribution in [-0.4, -0.2) is 46.7 Å². The number of hydrogen-bond donors (Lipinski definition) is 1. The van der Waals surface area contributed by atoms with E-state index in [2.05, 4.69) is 32.4 Å². The van der Waals surface area contributed by atoms with Crippen molar-refractivity contribution in [2.75, 3.05) is 26.7 Å². The van der Waals surface area contributed by atoms with E-state index in [1.165, 1.54) is 0 Å². The van der Waals surface area contributed by atoms with Crippen LogP contribution in [0.25, 0.3) is 22.4 Å². The Kier molecular flexibility index (Phi) is 3.32. The van der Waals surface area contributed by atoms with Gasteiger partial charge in [0.05, 0.1) is 11.6 Å². The van der Waals surface area contributed by atoms with E-state index in [0.717, 1.165) is 41.9 Å². The second-order valence-corrected chi connectivity index (χ2v) is 5.53. The first-order valence-corrected chi connectivity index (χ1v) is 7.41. The molecule has 0 bridgehead atoms. The summed E-state index contributed by atoms with van der Waals surface area (Å²) in [5.74, 6) is 1.28. The Morgan fingerprint density at radius 1 is 1.27 bits per heavy atom. The van der Waals surface area contributed by atoms with Gasteiger partial charge in [0.15, 0.2) is 5.82 Å². The highest BCUT2D eigenvalue weighted by Crippen LogP contribution is 2.28. The summed E-state index contributed by atoms with van der Waals surface area (Å²) >= 11 is 0. The fraction of sp³-hybridized carbons (Fsp3) is 0.312. The van der Waals surface area contributed by atoms with E-state index in [-0.39, 0.29) is 6.04 Å². The predicted molar refractivity (Wildman–Crippen MR) is 83.3 cm³/mol. The topological polar surface area (TPSA) is 67.1 Å². The Bertz CT molecular complexity index is 795. The van der Waals surface area contributed by atoms with Crippen LogP contribution < -0.4 is 5.32 Å². The summed E-state index contributed by atoms with van der Waals surface area (Å²) in [5.41, 5.74) is 1.85. The molecule has 3 heterocycles. The summed E-state index contributed by atoms with van der Waals surface area (Å²) in [4.78, 5) is 11.2. The van der Waals surface area contributed by atoms with Crippen LogP contribution in [0.3, 0.4) is 0 Å². The molecular formula is C16H17N5O. The first kappa shape index (κ1) is 13.4. The molecule has 0 saturated carbocycles. The lowest BCUT2D eigenvalue weighted by atomic mass is 10.1. The SMILES string of the molecule is CN1CCNCC1c1noc(-c2cccc3ncccc23)n1. The van der Waals surface area contributed by atoms with E-state index >= 15 is 0 Å². The number of likely N-dealkylation sites (N-methyl/N-ethyl adjacent to an activating group) is 1. The second-order valence-electron chi connectivity index (χ2n) is 5.53. The molecule has 0 radical (unpaired) electrons. The summed E-state index contributed by atoms with van der Waals surface area (Å²) in [6, 6.07) is 10.0. The Morgan fingerprint density at radius 2 is 2.23 bits per heavy atom. The Labute approximate surface area is 128 Å². The Morgan fingerprint density at radius 3 is 3.14 bits per heavy atom. The molecule has 4 rings (SSSR count). The van der Waals surface area contributed by atoms with E-state index in [0.29, 0.717) is 5.89 Å². The molecule has 1 aliphatic rings. The molecule has 0 amide bonds. The van der Waals surface area contributed by atoms with Crippen molar-refractivity contribution in [2.45, 2.75) is 6.04 Å². The van der Waals surface area contributed by atoms with Gasteiger partial charge in [0.25, 0.3) is 5.89 Å². The molecule has 0 aliphatic carbocycles. The van der Waals surface area contributed by atoms with Crippen LogP contribution in [0, 0.1) is 0 Å². The van der Waals surface area contributed by atoms with Gasteiger partial charge >= 0.3 is 0 Å². The Hall–Kier alpha value is -2.31. The van der Waals surface area contributed by atoms with E-state index in [1.54, 1.807) is 6.20 Å². The zero-order chi connectivity index (χ0) is 14.9. The number of benzene rings is 1. The van der Waals surface area contributed by atoms with Crippen LogP contribution in [-0.2, 0) is 0 Å². The van der Waals surface area contributed by atoms with Crippen molar-refractivity contribution in [3.8, 4) is 11.5 Å². The predicted octanol–water partition coefficient (Wildman–Crippen LogP) is 1.86. The number of aromatic nitrogens is 3. The standard InChI is InChI=1S/C16H17N5O/c1-21-9-8-17-10-14(21)15-19-16(22-20-15)12-4-2-6-13-11(12)5-3-7-18-13/h2-7,14,17H,8-10H2,1H3. The van der Waals surface area contributed by atoms with Crippen molar-refractivity contribution >= 4 is 10.9 Å². The molecule has 2 aromatic heterocycles. The van der Waals surface area contributed by atoms with Crippen molar-refractivity contribution < 1.29 is 4.52 Å². The molecule has 3 aromatic rings. The average molecular weight is 295 g/mol. The van der Waals surface area contributed by atoms with E-state index in [1.807, 2.05) is 30.3 Å². The zero-order valence-corrected chi connectivity index (χ0v) is 12.4. The highest BCUT2D eigenvalue weighted by Gasteiger charge is 2.25. The maximum atomic E-state index is 5.52. The summed E-state index contributed by atoms with van der Waals surface area (Å²) in [7, 11) is 2.09. The van der Waals surface area contributed by atoms with Crippen molar-refractivity contribution in [1.29, 1.82) is 0 Å². The lowest BCUT2D eigenvalue weighted by Gasteiger charge is -2.30. The summed E-state index contributed by atoms with van der Waals surface area (Å²) in [6.45, 7) is 2.81. The fourth-order valence-electron chi connectivity index (χ4n) is 2.86. The molecule has 1 saturated heterocycles. The molecule has 0 spiro atoms. The molecule has 112 valence electrons. The normalized spacial score (nSPS) is 19.6. The lowest BCUT2D eigenvalue weighted by Crippen LogP contribution is -2.44. The molecule has 6 nitrogen and oxygen atoms in total. The molecule has 6 heteroatoms. The zero-order valence-electron chi connectivity index (χ0n) is 12.4. The molecule has 1 aromatic carbocycles. The maximum Gasteiger partial charge on any atom is 0.258 e. The van der Waals surface area contributed by atoms with Gasteiger partial charge in [-0.1, -0.05) is 17.3 Å². The quantitative estimate of drug-likeness (QED) is 0.778. The van der Waals surface area contributed by atoms with Gasteiger partial charge in [-0.05, 0) is 25.2 Å². The van der Waals surface area contributed by atoms with Crippen LogP contribution in [0.15, 0.2) is 41.1 Å². The maximum absolute atomic E-state index is 5.52. The number of hydrogen-bond acceptors (Lipinski definition) is 6. The largest absolute Gasteiger partial charge is 0.334 e. The lowest BCUT2D eigenvalue weighted by molar-refractivity contribution is 0.190. The molecule has 1 fully saturated rings. The number of fused-ring (bicyclic) bond motifs is 1. The van der Waals surface area contributed by atoms with Gasteiger partial charge in [-0.2, -0.15) is 4.98 Å². The Balaban J connectivity index is 1.74. The average Bonchev–Trinajstić information content (AvgIpc) is 3.04. The molecular weight excluding hydrogens is 278 g/mol. The highest BCUT2D eigenvalue weighted by molar-refractivity contribution is 5.92. The van der Waals surface area contributed by atoms with Crippen LogP contribution in [0.4, 0.5) is 0 Å². The van der Waals surface area contributed by atoms with Gasteiger partial charge in [0, 0.05) is 36.8 Å². The third-order valence-electron chi connectivity index (χ3n) is 4.13. The summed E-state index contributed by atoms with van der Waals surface area (Å²) in [5, 5.41) is 8.58. The van der Waals surface area contributed by atoms with Gasteiger partial charge in [-0.25, -0.2) is 0 Å². The fourth-order valence-corrected chi connectivity index (χ4v) is 2.86. The van der Waals surface area contributed by atoms with Crippen LogP contribution in [0.1, 0.15) is 11.9 Å². The first-order chi connectivity index (χ1) is 10.8. The number of pyridine rings is 1. The minimum absolute atomic E-state index is 0.152. The van der Waals surface area contributed by atoms with Gasteiger partial charge in [0.1, 0.15) is 0 Å². The van der Waals surface area contributed by atoms with Crippen molar-refractivity contribution in [1.82, 2.24) is 25.3 Å².